The van der Waals surface area contributed by atoms with Crippen molar-refractivity contribution in [3.05, 3.63) is 57.6 Å². The topological polar surface area (TPSA) is 64.6 Å². The third-order valence-corrected chi connectivity index (χ3v) is 4.69. The minimum atomic E-state index is -0.0485. The second-order valence-electron chi connectivity index (χ2n) is 6.21. The first-order valence-corrected chi connectivity index (χ1v) is 9.68. The maximum Gasteiger partial charge on any atom is 0.220 e. The standard InChI is InChI=1S/C21H23Cl2NO4/c1-14(25)16-6-8-19(20(12-16)27-2)28-11-3-4-21(26)24-10-9-15-5-7-17(22)13-18(15)23/h5-8,12-13H,3-4,9-11H2,1-2H3,(H,24,26). The number of hydrogen-bond donors (Lipinski definition) is 1. The van der Waals surface area contributed by atoms with Crippen LogP contribution in [0.2, 0.25) is 10.0 Å². The molecular weight excluding hydrogens is 401 g/mol. The Morgan fingerprint density at radius 1 is 1.07 bits per heavy atom. The van der Waals surface area contributed by atoms with Gasteiger partial charge in [0.25, 0.3) is 0 Å². The maximum atomic E-state index is 11.9. The number of rotatable bonds is 10. The highest BCUT2D eigenvalue weighted by Crippen LogP contribution is 2.28. The molecule has 0 unspecified atom stereocenters. The molecule has 0 atom stereocenters. The van der Waals surface area contributed by atoms with Gasteiger partial charge >= 0.3 is 0 Å². The Morgan fingerprint density at radius 3 is 2.54 bits per heavy atom. The predicted molar refractivity (Wildman–Crippen MR) is 111 cm³/mol. The van der Waals surface area contributed by atoms with E-state index in [1.54, 1.807) is 30.3 Å². The van der Waals surface area contributed by atoms with E-state index in [1.165, 1.54) is 14.0 Å². The zero-order valence-corrected chi connectivity index (χ0v) is 17.4. The second-order valence-corrected chi connectivity index (χ2v) is 7.05. The number of amides is 1. The van der Waals surface area contributed by atoms with E-state index in [0.29, 0.717) is 59.5 Å². The first-order valence-electron chi connectivity index (χ1n) is 8.93. The van der Waals surface area contributed by atoms with Crippen LogP contribution in [-0.2, 0) is 11.2 Å². The molecule has 7 heteroatoms. The number of carbonyl (C=O) groups excluding carboxylic acids is 2. The van der Waals surface area contributed by atoms with Crippen LogP contribution in [-0.4, -0.2) is 32.0 Å². The predicted octanol–water partition coefficient (Wildman–Crippen LogP) is 4.72. The first-order chi connectivity index (χ1) is 13.4. The summed E-state index contributed by atoms with van der Waals surface area (Å²) < 4.78 is 10.9. The Labute approximate surface area is 174 Å². The number of halogens is 2. The number of nitrogens with one attached hydrogen (secondary N) is 1. The molecule has 0 aliphatic heterocycles. The molecule has 0 bridgehead atoms. The minimum absolute atomic E-state index is 0.0404. The van der Waals surface area contributed by atoms with Crippen LogP contribution in [0.15, 0.2) is 36.4 Å². The highest BCUT2D eigenvalue weighted by Gasteiger charge is 2.09. The van der Waals surface area contributed by atoms with E-state index >= 15 is 0 Å². The van der Waals surface area contributed by atoms with E-state index in [1.807, 2.05) is 6.07 Å². The summed E-state index contributed by atoms with van der Waals surface area (Å²) >= 11 is 12.0. The molecule has 5 nitrogen and oxygen atoms in total. The molecule has 0 aliphatic carbocycles. The largest absolute Gasteiger partial charge is 0.493 e. The number of methoxy groups -OCH3 is 1. The maximum absolute atomic E-state index is 11.9. The molecule has 2 aromatic carbocycles. The highest BCUT2D eigenvalue weighted by atomic mass is 35.5. The van der Waals surface area contributed by atoms with Gasteiger partial charge in [-0.15, -0.1) is 0 Å². The number of ketones is 1. The van der Waals surface area contributed by atoms with Crippen LogP contribution >= 0.6 is 23.2 Å². The van der Waals surface area contributed by atoms with Crippen molar-refractivity contribution in [2.75, 3.05) is 20.3 Å². The monoisotopic (exact) mass is 423 g/mol. The molecule has 1 amide bonds. The van der Waals surface area contributed by atoms with Crippen molar-refractivity contribution in [2.24, 2.45) is 0 Å². The third-order valence-electron chi connectivity index (χ3n) is 4.11. The van der Waals surface area contributed by atoms with E-state index in [0.717, 1.165) is 5.56 Å². The van der Waals surface area contributed by atoms with Gasteiger partial charge in [-0.2, -0.15) is 0 Å². The minimum Gasteiger partial charge on any atom is -0.493 e. The summed E-state index contributed by atoms with van der Waals surface area (Å²) in [7, 11) is 1.52. The summed E-state index contributed by atoms with van der Waals surface area (Å²) in [6.07, 6.45) is 1.55. The number of hydrogen-bond acceptors (Lipinski definition) is 4. The lowest BCUT2D eigenvalue weighted by Crippen LogP contribution is -2.25. The van der Waals surface area contributed by atoms with Crippen LogP contribution in [0.1, 0.15) is 35.7 Å². The SMILES string of the molecule is COc1cc(C(C)=O)ccc1OCCCC(=O)NCCc1ccc(Cl)cc1Cl. The van der Waals surface area contributed by atoms with Crippen LogP contribution in [0.25, 0.3) is 0 Å². The van der Waals surface area contributed by atoms with Crippen LogP contribution in [0.3, 0.4) is 0 Å². The molecule has 1 N–H and O–H groups in total. The van der Waals surface area contributed by atoms with Gasteiger partial charge < -0.3 is 14.8 Å². The second kappa shape index (κ2) is 10.9. The zero-order valence-electron chi connectivity index (χ0n) is 15.9. The van der Waals surface area contributed by atoms with Crippen molar-refractivity contribution in [2.45, 2.75) is 26.2 Å². The van der Waals surface area contributed by atoms with Gasteiger partial charge in [0.05, 0.1) is 13.7 Å². The molecule has 0 fully saturated rings. The first kappa shape index (κ1) is 22.1. The molecule has 2 rings (SSSR count). The summed E-state index contributed by atoms with van der Waals surface area (Å²) in [6.45, 7) is 2.36. The van der Waals surface area contributed by atoms with Gasteiger partial charge in [0, 0.05) is 28.6 Å². The summed E-state index contributed by atoms with van der Waals surface area (Å²) in [5.74, 6) is 0.955. The van der Waals surface area contributed by atoms with Crippen LogP contribution in [0.5, 0.6) is 11.5 Å². The van der Waals surface area contributed by atoms with Gasteiger partial charge in [-0.3, -0.25) is 9.59 Å². The highest BCUT2D eigenvalue weighted by molar-refractivity contribution is 6.35. The zero-order chi connectivity index (χ0) is 20.5. The molecule has 0 saturated carbocycles. The molecule has 0 heterocycles. The Balaban J connectivity index is 1.70. The molecule has 0 saturated heterocycles. The van der Waals surface area contributed by atoms with Crippen LogP contribution in [0.4, 0.5) is 0 Å². The van der Waals surface area contributed by atoms with E-state index in [2.05, 4.69) is 5.32 Å². The Kier molecular flexibility index (Phi) is 8.61. The summed E-state index contributed by atoms with van der Waals surface area (Å²) in [5.41, 5.74) is 1.50. The lowest BCUT2D eigenvalue weighted by molar-refractivity contribution is -0.121. The van der Waals surface area contributed by atoms with Crippen LogP contribution in [0, 0.1) is 0 Å². The lowest BCUT2D eigenvalue weighted by atomic mass is 10.1. The van der Waals surface area contributed by atoms with E-state index in [9.17, 15) is 9.59 Å². The molecule has 0 aromatic heterocycles. The van der Waals surface area contributed by atoms with Gasteiger partial charge in [0.1, 0.15) is 0 Å². The molecular formula is C21H23Cl2NO4. The van der Waals surface area contributed by atoms with Crippen molar-refractivity contribution in [3.8, 4) is 11.5 Å². The number of benzene rings is 2. The Morgan fingerprint density at radius 2 is 1.86 bits per heavy atom. The lowest BCUT2D eigenvalue weighted by Gasteiger charge is -2.11. The van der Waals surface area contributed by atoms with Crippen molar-refractivity contribution >= 4 is 34.9 Å². The van der Waals surface area contributed by atoms with Crippen LogP contribution < -0.4 is 14.8 Å². The summed E-state index contributed by atoms with van der Waals surface area (Å²) in [5, 5.41) is 4.05. The van der Waals surface area contributed by atoms with Gasteiger partial charge in [-0.25, -0.2) is 0 Å². The normalized spacial score (nSPS) is 10.4. The van der Waals surface area contributed by atoms with Crippen molar-refractivity contribution in [1.29, 1.82) is 0 Å². The Hall–Kier alpha value is -2.24. The number of Topliss-reactive ketones (excluding diaryl/α,β-unsaturated/α-hetero) is 1. The average Bonchev–Trinajstić information content (AvgIpc) is 2.66. The average molecular weight is 424 g/mol. The van der Waals surface area contributed by atoms with Gasteiger partial charge in [-0.05, 0) is 55.7 Å². The van der Waals surface area contributed by atoms with E-state index in [4.69, 9.17) is 32.7 Å². The summed E-state index contributed by atoms with van der Waals surface area (Å²) in [6, 6.07) is 10.4. The Bertz CT molecular complexity index is 839. The number of carbonyl (C=O) groups is 2. The molecule has 150 valence electrons. The fraction of sp³-hybridized carbons (Fsp3) is 0.333. The molecule has 0 spiro atoms. The van der Waals surface area contributed by atoms with Gasteiger partial charge in [0.2, 0.25) is 5.91 Å². The van der Waals surface area contributed by atoms with Crippen molar-refractivity contribution < 1.29 is 19.1 Å². The van der Waals surface area contributed by atoms with E-state index < -0.39 is 0 Å². The quantitative estimate of drug-likeness (QED) is 0.443. The van der Waals surface area contributed by atoms with Crippen molar-refractivity contribution in [1.82, 2.24) is 5.32 Å². The smallest absolute Gasteiger partial charge is 0.220 e. The van der Waals surface area contributed by atoms with Crippen molar-refractivity contribution in [3.63, 3.8) is 0 Å². The van der Waals surface area contributed by atoms with E-state index in [-0.39, 0.29) is 11.7 Å². The third kappa shape index (κ3) is 6.73. The molecule has 0 aliphatic rings. The fourth-order valence-corrected chi connectivity index (χ4v) is 3.07. The molecule has 2 aromatic rings. The number of ether oxygens (including phenoxy) is 2. The molecule has 28 heavy (non-hydrogen) atoms. The van der Waals surface area contributed by atoms with Gasteiger partial charge in [0.15, 0.2) is 17.3 Å². The molecule has 0 radical (unpaired) electrons. The van der Waals surface area contributed by atoms with Gasteiger partial charge in [-0.1, -0.05) is 29.3 Å². The summed E-state index contributed by atoms with van der Waals surface area (Å²) in [4.78, 5) is 23.4. The fourth-order valence-electron chi connectivity index (χ4n) is 2.57.